The molecule has 2 aliphatic rings. The van der Waals surface area contributed by atoms with Gasteiger partial charge in [-0.1, -0.05) is 18.2 Å². The van der Waals surface area contributed by atoms with Crippen LogP contribution in [0.25, 0.3) is 17.2 Å². The van der Waals surface area contributed by atoms with E-state index in [0.717, 1.165) is 5.41 Å². The Hall–Kier alpha value is -3.14. The second-order valence-electron chi connectivity index (χ2n) is 9.00. The van der Waals surface area contributed by atoms with Crippen molar-refractivity contribution in [3.8, 4) is 5.75 Å². The number of nitrogens with two attached hydrogens (primary N) is 1. The van der Waals surface area contributed by atoms with E-state index in [9.17, 15) is 8.42 Å². The number of sulfonamides is 1. The van der Waals surface area contributed by atoms with Crippen molar-refractivity contribution in [2.24, 2.45) is 0 Å². The van der Waals surface area contributed by atoms with Crippen molar-refractivity contribution in [2.75, 3.05) is 26.2 Å². The lowest BCUT2D eigenvalue weighted by Crippen LogP contribution is -2.39. The molecular weight excluding hydrogens is 504 g/mol. The quantitative estimate of drug-likeness (QED) is 0.383. The first-order valence-electron chi connectivity index (χ1n) is 11.5. The number of nitrogens with zero attached hydrogens (tertiary/aromatic N) is 4. The fourth-order valence-corrected chi connectivity index (χ4v) is 5.20. The van der Waals surface area contributed by atoms with Gasteiger partial charge in [-0.25, -0.2) is 28.1 Å². The molecule has 198 valence electrons. The van der Waals surface area contributed by atoms with Crippen LogP contribution in [0.2, 0.25) is 0 Å². The van der Waals surface area contributed by atoms with Crippen LogP contribution in [0.5, 0.6) is 5.75 Å². The molecule has 3 aromatic rings. The van der Waals surface area contributed by atoms with Crippen LogP contribution in [0.4, 0.5) is 5.82 Å². The fraction of sp³-hybridized carbons (Fsp3) is 0.435. The van der Waals surface area contributed by atoms with Gasteiger partial charge in [0.25, 0.3) is 0 Å². The largest absolute Gasteiger partial charge is 0.467 e. The predicted molar refractivity (Wildman–Crippen MR) is 132 cm³/mol. The van der Waals surface area contributed by atoms with Gasteiger partial charge in [-0.3, -0.25) is 4.57 Å². The van der Waals surface area contributed by atoms with E-state index in [1.54, 1.807) is 49.0 Å². The Kier molecular flexibility index (Phi) is 6.87. The first-order valence-corrected chi connectivity index (χ1v) is 13.0. The molecule has 37 heavy (non-hydrogen) atoms. The summed E-state index contributed by atoms with van der Waals surface area (Å²) in [5, 5.41) is 1.07. The third-order valence-electron chi connectivity index (χ3n) is 5.95. The highest BCUT2D eigenvalue weighted by Gasteiger charge is 2.56. The molecule has 5 rings (SSSR count). The van der Waals surface area contributed by atoms with Crippen molar-refractivity contribution in [1.29, 1.82) is 0 Å². The number of rotatable bonds is 9. The minimum atomic E-state index is -3.82. The zero-order valence-corrected chi connectivity index (χ0v) is 21.3. The van der Waals surface area contributed by atoms with Crippen LogP contribution < -0.4 is 15.2 Å². The normalized spacial score (nSPS) is 25.2. The molecule has 0 bridgehead atoms. The molecule has 3 N–H and O–H groups in total. The zero-order valence-electron chi connectivity index (χ0n) is 20.5. The molecule has 0 radical (unpaired) electrons. The van der Waals surface area contributed by atoms with E-state index in [4.69, 9.17) is 29.4 Å². The van der Waals surface area contributed by atoms with E-state index in [0.29, 0.717) is 22.5 Å². The maximum absolute atomic E-state index is 12.8. The number of ether oxygens (including phenoxy) is 5. The molecule has 4 heterocycles. The van der Waals surface area contributed by atoms with Crippen molar-refractivity contribution in [1.82, 2.24) is 24.2 Å². The number of anilines is 1. The lowest BCUT2D eigenvalue weighted by atomic mass is 10.1. The van der Waals surface area contributed by atoms with Crippen molar-refractivity contribution in [2.45, 2.75) is 44.2 Å². The van der Waals surface area contributed by atoms with Crippen LogP contribution in [0.1, 0.15) is 25.6 Å². The van der Waals surface area contributed by atoms with Crippen LogP contribution in [-0.2, 0) is 29.0 Å². The first kappa shape index (κ1) is 25.5. The van der Waals surface area contributed by atoms with Crippen molar-refractivity contribution in [3.05, 3.63) is 47.9 Å². The Labute approximate surface area is 213 Å². The van der Waals surface area contributed by atoms with E-state index in [-0.39, 0.29) is 19.2 Å². The smallest absolute Gasteiger partial charge is 0.233 e. The molecule has 0 saturated carbocycles. The molecule has 0 amide bonds. The second-order valence-corrected chi connectivity index (χ2v) is 10.6. The van der Waals surface area contributed by atoms with Crippen molar-refractivity contribution in [3.63, 3.8) is 0 Å². The standard InChI is InChI=1S/C23H28N6O7S/c1-23(2)35-18-16(10-28-37(30,31)9-8-14-6-4-5-7-15(14)33-13-32-3)34-22(19(18)36-23)29-12-27-17-20(24)25-11-26-21(17)29/h4-9,11-12,16,18-19,22,28H,10,13H2,1-3H3,(H2,24,25,26)/b9-8+/t16-,18?,19?,22-/m1/s1. The van der Waals surface area contributed by atoms with Gasteiger partial charge in [-0.05, 0) is 26.0 Å². The number of para-hydroxylation sites is 1. The highest BCUT2D eigenvalue weighted by atomic mass is 32.2. The third kappa shape index (κ3) is 5.30. The van der Waals surface area contributed by atoms with E-state index < -0.39 is 40.4 Å². The number of nitrogens with one attached hydrogen (secondary N) is 1. The summed E-state index contributed by atoms with van der Waals surface area (Å²) in [5.41, 5.74) is 7.42. The third-order valence-corrected chi connectivity index (χ3v) is 7.01. The van der Waals surface area contributed by atoms with E-state index >= 15 is 0 Å². The van der Waals surface area contributed by atoms with Crippen LogP contribution in [0.15, 0.2) is 42.3 Å². The number of hydrogen-bond donors (Lipinski definition) is 2. The lowest BCUT2D eigenvalue weighted by molar-refractivity contribution is -0.195. The van der Waals surface area contributed by atoms with Gasteiger partial charge in [0, 0.05) is 24.6 Å². The molecule has 2 aromatic heterocycles. The Morgan fingerprint density at radius 2 is 1.97 bits per heavy atom. The van der Waals surface area contributed by atoms with Gasteiger partial charge in [0.2, 0.25) is 10.0 Å². The maximum atomic E-state index is 12.8. The minimum absolute atomic E-state index is 0.0435. The lowest BCUT2D eigenvalue weighted by Gasteiger charge is -2.24. The molecule has 4 atom stereocenters. The Morgan fingerprint density at radius 1 is 1.19 bits per heavy atom. The fourth-order valence-electron chi connectivity index (χ4n) is 4.38. The van der Waals surface area contributed by atoms with E-state index in [1.807, 2.05) is 0 Å². The molecular formula is C23H28N6O7S. The van der Waals surface area contributed by atoms with Gasteiger partial charge >= 0.3 is 0 Å². The monoisotopic (exact) mass is 532 g/mol. The molecule has 0 spiro atoms. The van der Waals surface area contributed by atoms with Crippen molar-refractivity contribution >= 4 is 33.1 Å². The summed E-state index contributed by atoms with van der Waals surface area (Å²) in [6.45, 7) is 3.58. The van der Waals surface area contributed by atoms with Gasteiger partial charge < -0.3 is 29.4 Å². The maximum Gasteiger partial charge on any atom is 0.233 e. The number of aromatic nitrogens is 4. The van der Waals surface area contributed by atoms with Gasteiger partial charge in [-0.15, -0.1) is 0 Å². The Bertz CT molecular complexity index is 1410. The molecule has 0 aliphatic carbocycles. The van der Waals surface area contributed by atoms with Gasteiger partial charge in [0.15, 0.2) is 30.3 Å². The number of nitrogen functional groups attached to an aromatic ring is 1. The topological polar surface area (TPSA) is 162 Å². The zero-order chi connectivity index (χ0) is 26.2. The Balaban J connectivity index is 1.32. The summed E-state index contributed by atoms with van der Waals surface area (Å²) in [7, 11) is -2.32. The highest BCUT2D eigenvalue weighted by molar-refractivity contribution is 7.92. The number of benzene rings is 1. The van der Waals surface area contributed by atoms with Crippen LogP contribution in [0, 0.1) is 0 Å². The molecule has 1 aromatic carbocycles. The second kappa shape index (κ2) is 9.96. The minimum Gasteiger partial charge on any atom is -0.467 e. The average molecular weight is 533 g/mol. The number of imidazole rings is 1. The van der Waals surface area contributed by atoms with Gasteiger partial charge in [0.1, 0.15) is 35.9 Å². The first-order chi connectivity index (χ1) is 17.7. The molecule has 2 aliphatic heterocycles. The van der Waals surface area contributed by atoms with Crippen LogP contribution in [0.3, 0.4) is 0 Å². The molecule has 2 fully saturated rings. The predicted octanol–water partition coefficient (Wildman–Crippen LogP) is 1.40. The van der Waals surface area contributed by atoms with E-state index in [2.05, 4.69) is 19.7 Å². The molecule has 14 heteroatoms. The highest BCUT2D eigenvalue weighted by Crippen LogP contribution is 2.43. The molecule has 13 nitrogen and oxygen atoms in total. The molecule has 2 saturated heterocycles. The molecule has 2 unspecified atom stereocenters. The summed E-state index contributed by atoms with van der Waals surface area (Å²) in [6.07, 6.45) is 1.97. The van der Waals surface area contributed by atoms with Crippen LogP contribution >= 0.6 is 0 Å². The van der Waals surface area contributed by atoms with Gasteiger partial charge in [0.05, 0.1) is 6.33 Å². The van der Waals surface area contributed by atoms with E-state index in [1.165, 1.54) is 19.5 Å². The number of hydrogen-bond acceptors (Lipinski definition) is 11. The van der Waals surface area contributed by atoms with Crippen LogP contribution in [-0.4, -0.2) is 72.5 Å². The summed E-state index contributed by atoms with van der Waals surface area (Å²) in [4.78, 5) is 12.5. The summed E-state index contributed by atoms with van der Waals surface area (Å²) >= 11 is 0. The summed E-state index contributed by atoms with van der Waals surface area (Å²) in [5.74, 6) is -0.145. The SMILES string of the molecule is COCOc1ccccc1/C=C/S(=O)(=O)NC[C@H]1O[C@@H](n2cnc3c(N)ncnc32)C2OC(C)(C)OC21. The summed E-state index contributed by atoms with van der Waals surface area (Å²) in [6, 6.07) is 7.03. The number of methoxy groups -OCH3 is 1. The van der Waals surface area contributed by atoms with Crippen molar-refractivity contribution < 1.29 is 32.1 Å². The summed E-state index contributed by atoms with van der Waals surface area (Å²) < 4.78 is 58.7. The van der Waals surface area contributed by atoms with Gasteiger partial charge in [-0.2, -0.15) is 0 Å². The Morgan fingerprint density at radius 3 is 2.78 bits per heavy atom. The number of fused-ring (bicyclic) bond motifs is 2. The average Bonchev–Trinajstić information content (AvgIpc) is 3.52.